The Bertz CT molecular complexity index is 365. The molecule has 0 amide bonds. The van der Waals surface area contributed by atoms with Gasteiger partial charge in [0.1, 0.15) is 5.75 Å². The van der Waals surface area contributed by atoms with Crippen molar-refractivity contribution in [3.63, 3.8) is 0 Å². The standard InChI is InChI=1S/C13H20N2O/c1-10-4-5-13(16-3)12(8-10)15-7-6-14-9-11(15)2/h4-5,8,11,14H,6-7,9H2,1-3H3. The SMILES string of the molecule is COc1ccc(C)cc1N1CCNCC1C. The third-order valence-electron chi connectivity index (χ3n) is 3.15. The van der Waals surface area contributed by atoms with Gasteiger partial charge in [-0.3, -0.25) is 0 Å². The second-order valence-electron chi connectivity index (χ2n) is 4.42. The van der Waals surface area contributed by atoms with Gasteiger partial charge >= 0.3 is 0 Å². The van der Waals surface area contributed by atoms with E-state index in [1.54, 1.807) is 7.11 Å². The summed E-state index contributed by atoms with van der Waals surface area (Å²) in [6, 6.07) is 6.87. The number of piperazine rings is 1. The predicted molar refractivity (Wildman–Crippen MR) is 67.4 cm³/mol. The van der Waals surface area contributed by atoms with Crippen LogP contribution in [0.1, 0.15) is 12.5 Å². The highest BCUT2D eigenvalue weighted by atomic mass is 16.5. The first kappa shape index (κ1) is 11.3. The molecule has 88 valence electrons. The van der Waals surface area contributed by atoms with Crippen LogP contribution >= 0.6 is 0 Å². The number of hydrogen-bond acceptors (Lipinski definition) is 3. The van der Waals surface area contributed by atoms with E-state index >= 15 is 0 Å². The summed E-state index contributed by atoms with van der Waals surface area (Å²) in [7, 11) is 1.74. The van der Waals surface area contributed by atoms with Gasteiger partial charge in [0.05, 0.1) is 12.8 Å². The number of benzene rings is 1. The lowest BCUT2D eigenvalue weighted by Gasteiger charge is -2.36. The molecule has 1 aromatic rings. The molecule has 1 fully saturated rings. The van der Waals surface area contributed by atoms with Crippen molar-refractivity contribution >= 4 is 5.69 Å². The second kappa shape index (κ2) is 4.74. The van der Waals surface area contributed by atoms with Gasteiger partial charge < -0.3 is 15.0 Å². The highest BCUT2D eigenvalue weighted by Crippen LogP contribution is 2.30. The van der Waals surface area contributed by atoms with E-state index in [-0.39, 0.29) is 0 Å². The first-order valence-corrected chi connectivity index (χ1v) is 5.84. The minimum Gasteiger partial charge on any atom is -0.495 e. The van der Waals surface area contributed by atoms with Crippen molar-refractivity contribution in [3.05, 3.63) is 23.8 Å². The molecule has 1 N–H and O–H groups in total. The van der Waals surface area contributed by atoms with Crippen molar-refractivity contribution in [3.8, 4) is 5.75 Å². The van der Waals surface area contributed by atoms with Crippen LogP contribution in [0.25, 0.3) is 0 Å². The summed E-state index contributed by atoms with van der Waals surface area (Å²) in [4.78, 5) is 2.42. The van der Waals surface area contributed by atoms with Crippen molar-refractivity contribution in [1.29, 1.82) is 0 Å². The Morgan fingerprint density at radius 2 is 2.25 bits per heavy atom. The molecule has 3 nitrogen and oxygen atoms in total. The molecule has 1 unspecified atom stereocenters. The lowest BCUT2D eigenvalue weighted by Crippen LogP contribution is -2.50. The molecule has 2 rings (SSSR count). The maximum Gasteiger partial charge on any atom is 0.142 e. The molecule has 0 radical (unpaired) electrons. The van der Waals surface area contributed by atoms with Crippen LogP contribution < -0.4 is 15.0 Å². The third kappa shape index (κ3) is 2.14. The zero-order valence-corrected chi connectivity index (χ0v) is 10.3. The van der Waals surface area contributed by atoms with E-state index in [2.05, 4.69) is 42.3 Å². The number of nitrogens with zero attached hydrogens (tertiary/aromatic N) is 1. The minimum atomic E-state index is 0.518. The van der Waals surface area contributed by atoms with Crippen LogP contribution in [0, 0.1) is 6.92 Å². The summed E-state index contributed by atoms with van der Waals surface area (Å²) in [5, 5.41) is 3.40. The maximum absolute atomic E-state index is 5.44. The normalized spacial score (nSPS) is 20.9. The lowest BCUT2D eigenvalue weighted by molar-refractivity contribution is 0.409. The van der Waals surface area contributed by atoms with Crippen LogP contribution in [0.4, 0.5) is 5.69 Å². The Kier molecular flexibility index (Phi) is 3.34. The van der Waals surface area contributed by atoms with E-state index in [0.717, 1.165) is 25.4 Å². The molecule has 1 heterocycles. The number of nitrogens with one attached hydrogen (secondary N) is 1. The molecular formula is C13H20N2O. The van der Waals surface area contributed by atoms with Crippen LogP contribution in [-0.4, -0.2) is 32.8 Å². The third-order valence-corrected chi connectivity index (χ3v) is 3.15. The van der Waals surface area contributed by atoms with E-state index < -0.39 is 0 Å². The number of ether oxygens (including phenoxy) is 1. The number of rotatable bonds is 2. The monoisotopic (exact) mass is 220 g/mol. The molecule has 0 aliphatic carbocycles. The molecule has 0 spiro atoms. The molecule has 0 saturated carbocycles. The fourth-order valence-corrected chi connectivity index (χ4v) is 2.22. The van der Waals surface area contributed by atoms with Gasteiger partial charge in [-0.25, -0.2) is 0 Å². The van der Waals surface area contributed by atoms with Gasteiger partial charge in [-0.1, -0.05) is 6.07 Å². The average molecular weight is 220 g/mol. The zero-order chi connectivity index (χ0) is 11.5. The van der Waals surface area contributed by atoms with Crippen LogP contribution in [0.15, 0.2) is 18.2 Å². The molecule has 0 aromatic heterocycles. The number of aryl methyl sites for hydroxylation is 1. The predicted octanol–water partition coefficient (Wildman–Crippen LogP) is 1.80. The molecule has 1 aromatic carbocycles. The van der Waals surface area contributed by atoms with Gasteiger partial charge in [0.2, 0.25) is 0 Å². The number of methoxy groups -OCH3 is 1. The summed E-state index contributed by atoms with van der Waals surface area (Å²) >= 11 is 0. The van der Waals surface area contributed by atoms with Gasteiger partial charge in [0.25, 0.3) is 0 Å². The Morgan fingerprint density at radius 3 is 2.94 bits per heavy atom. The van der Waals surface area contributed by atoms with E-state index in [4.69, 9.17) is 4.74 Å². The van der Waals surface area contributed by atoms with E-state index in [9.17, 15) is 0 Å². The molecule has 1 saturated heterocycles. The van der Waals surface area contributed by atoms with Gasteiger partial charge in [-0.15, -0.1) is 0 Å². The summed E-state index contributed by atoms with van der Waals surface area (Å²) in [6.07, 6.45) is 0. The minimum absolute atomic E-state index is 0.518. The van der Waals surface area contributed by atoms with Crippen LogP contribution in [-0.2, 0) is 0 Å². The summed E-state index contributed by atoms with van der Waals surface area (Å²) in [5.41, 5.74) is 2.50. The van der Waals surface area contributed by atoms with Gasteiger partial charge in [-0.05, 0) is 31.5 Å². The van der Waals surface area contributed by atoms with Crippen LogP contribution in [0.2, 0.25) is 0 Å². The summed E-state index contributed by atoms with van der Waals surface area (Å²) in [6.45, 7) is 7.49. The highest BCUT2D eigenvalue weighted by Gasteiger charge is 2.20. The first-order valence-electron chi connectivity index (χ1n) is 5.84. The average Bonchev–Trinajstić information content (AvgIpc) is 2.29. The number of anilines is 1. The van der Waals surface area contributed by atoms with Gasteiger partial charge in [0.15, 0.2) is 0 Å². The molecule has 1 aliphatic heterocycles. The van der Waals surface area contributed by atoms with E-state index in [0.29, 0.717) is 6.04 Å². The fourth-order valence-electron chi connectivity index (χ4n) is 2.22. The number of hydrogen-bond donors (Lipinski definition) is 1. The first-order chi connectivity index (χ1) is 7.72. The van der Waals surface area contributed by atoms with Crippen molar-refractivity contribution in [2.24, 2.45) is 0 Å². The van der Waals surface area contributed by atoms with Crippen LogP contribution in [0.3, 0.4) is 0 Å². The molecule has 3 heteroatoms. The molecule has 1 atom stereocenters. The quantitative estimate of drug-likeness (QED) is 0.822. The van der Waals surface area contributed by atoms with Gasteiger partial charge in [-0.2, -0.15) is 0 Å². The van der Waals surface area contributed by atoms with Crippen molar-refractivity contribution in [1.82, 2.24) is 5.32 Å². The topological polar surface area (TPSA) is 24.5 Å². The van der Waals surface area contributed by atoms with Crippen molar-refractivity contribution < 1.29 is 4.74 Å². The Morgan fingerprint density at radius 1 is 1.44 bits per heavy atom. The Labute approximate surface area is 97.4 Å². The molecule has 16 heavy (non-hydrogen) atoms. The van der Waals surface area contributed by atoms with Crippen molar-refractivity contribution in [2.75, 3.05) is 31.6 Å². The summed E-state index contributed by atoms with van der Waals surface area (Å²) < 4.78 is 5.44. The van der Waals surface area contributed by atoms with Crippen molar-refractivity contribution in [2.45, 2.75) is 19.9 Å². The second-order valence-corrected chi connectivity index (χ2v) is 4.42. The Hall–Kier alpha value is -1.22. The largest absolute Gasteiger partial charge is 0.495 e. The van der Waals surface area contributed by atoms with Crippen LogP contribution in [0.5, 0.6) is 5.75 Å². The molecule has 0 bridgehead atoms. The summed E-state index contributed by atoms with van der Waals surface area (Å²) in [5.74, 6) is 0.972. The zero-order valence-electron chi connectivity index (χ0n) is 10.3. The maximum atomic E-state index is 5.44. The lowest BCUT2D eigenvalue weighted by atomic mass is 10.1. The van der Waals surface area contributed by atoms with E-state index in [1.165, 1.54) is 11.3 Å². The molecular weight excluding hydrogens is 200 g/mol. The van der Waals surface area contributed by atoms with E-state index in [1.807, 2.05) is 0 Å². The van der Waals surface area contributed by atoms with Gasteiger partial charge in [0, 0.05) is 25.7 Å². The smallest absolute Gasteiger partial charge is 0.142 e. The molecule has 1 aliphatic rings. The highest BCUT2D eigenvalue weighted by molar-refractivity contribution is 5.61. The fraction of sp³-hybridized carbons (Fsp3) is 0.538. The Balaban J connectivity index is 2.33.